The van der Waals surface area contributed by atoms with Crippen LogP contribution in [0.2, 0.25) is 0 Å². The number of Topliss-reactive ketones (excluding diaryl/α,β-unsaturated/α-hetero) is 3. The number of amides is 7. The summed E-state index contributed by atoms with van der Waals surface area (Å²) < 4.78 is 5.44. The zero-order valence-electron chi connectivity index (χ0n) is 34.6. The minimum absolute atomic E-state index is 0.0470. The van der Waals surface area contributed by atoms with Gasteiger partial charge in [-0.3, -0.25) is 57.7 Å². The number of nitrogens with zero attached hydrogens (tertiary/aromatic N) is 2. The molecule has 59 heavy (non-hydrogen) atoms. The molecule has 328 valence electrons. The highest BCUT2D eigenvalue weighted by Crippen LogP contribution is 2.17. The summed E-state index contributed by atoms with van der Waals surface area (Å²) in [6.07, 6.45) is 13.9. The van der Waals surface area contributed by atoms with Gasteiger partial charge in [-0.25, -0.2) is 0 Å². The summed E-state index contributed by atoms with van der Waals surface area (Å²) in [5.41, 5.74) is 5.26. The number of imide groups is 2. The number of unbranched alkanes of at least 4 members (excludes halogenated alkanes) is 7. The van der Waals surface area contributed by atoms with E-state index in [1.54, 1.807) is 0 Å². The lowest BCUT2D eigenvalue weighted by atomic mass is 9.93. The molecule has 0 aromatic carbocycles. The predicted molar refractivity (Wildman–Crippen MR) is 217 cm³/mol. The van der Waals surface area contributed by atoms with Crippen molar-refractivity contribution in [2.24, 2.45) is 11.7 Å². The lowest BCUT2D eigenvalue weighted by Crippen LogP contribution is -2.43. The van der Waals surface area contributed by atoms with Crippen molar-refractivity contribution in [2.45, 2.75) is 129 Å². The molecule has 2 rings (SSSR count). The fourth-order valence-corrected chi connectivity index (χ4v) is 6.60. The second kappa shape index (κ2) is 29.3. The minimum Gasteiger partial charge on any atom is -0.379 e. The van der Waals surface area contributed by atoms with E-state index in [0.717, 1.165) is 6.42 Å². The van der Waals surface area contributed by atoms with Gasteiger partial charge < -0.3 is 26.4 Å². The van der Waals surface area contributed by atoms with Crippen molar-refractivity contribution in [3.05, 3.63) is 24.3 Å². The van der Waals surface area contributed by atoms with E-state index in [4.69, 9.17) is 10.5 Å². The molecule has 17 heteroatoms. The van der Waals surface area contributed by atoms with Gasteiger partial charge in [0.1, 0.15) is 11.6 Å². The fourth-order valence-electron chi connectivity index (χ4n) is 6.60. The Labute approximate surface area is 347 Å². The highest BCUT2D eigenvalue weighted by atomic mass is 16.5. The average Bonchev–Trinajstić information content (AvgIpc) is 3.70. The van der Waals surface area contributed by atoms with E-state index < -0.39 is 17.9 Å². The average molecular weight is 829 g/mol. The Balaban J connectivity index is 1.73. The molecule has 0 radical (unpaired) electrons. The van der Waals surface area contributed by atoms with Crippen LogP contribution < -0.4 is 21.7 Å². The van der Waals surface area contributed by atoms with E-state index in [2.05, 4.69) is 16.0 Å². The highest BCUT2D eigenvalue weighted by molar-refractivity contribution is 6.13. The SMILES string of the molecule is CC(=O)C(CCCCCC(=O)CCCCCN1C(=O)C=CC1=O)NC(=O)C(CCCCNC(=O)CCCCCN1C(=O)C=CC1=O)CC(=O)CCOCCNC(=O)CN. The maximum atomic E-state index is 13.5. The van der Waals surface area contributed by atoms with Gasteiger partial charge in [-0.05, 0) is 58.3 Å². The number of hydrogen-bond acceptors (Lipinski definition) is 12. The Morgan fingerprint density at radius 2 is 1.12 bits per heavy atom. The molecule has 17 nitrogen and oxygen atoms in total. The molecule has 0 aliphatic carbocycles. The summed E-state index contributed by atoms with van der Waals surface area (Å²) in [5.74, 6) is -3.05. The van der Waals surface area contributed by atoms with Crippen LogP contribution >= 0.6 is 0 Å². The Morgan fingerprint density at radius 3 is 1.68 bits per heavy atom. The third-order valence-electron chi connectivity index (χ3n) is 10.1. The number of ether oxygens (including phenoxy) is 1. The second-order valence-corrected chi connectivity index (χ2v) is 15.0. The molecule has 7 amide bonds. The van der Waals surface area contributed by atoms with Gasteiger partial charge in [-0.2, -0.15) is 0 Å². The fraction of sp³-hybridized carbons (Fsp3) is 0.667. The first-order chi connectivity index (χ1) is 28.3. The Kier molecular flexibility index (Phi) is 25.0. The van der Waals surface area contributed by atoms with E-state index in [1.807, 2.05) is 0 Å². The van der Waals surface area contributed by atoms with E-state index in [9.17, 15) is 47.9 Å². The third kappa shape index (κ3) is 21.6. The molecular weight excluding hydrogens is 764 g/mol. The molecular formula is C42H64N6O11. The summed E-state index contributed by atoms with van der Waals surface area (Å²) in [6, 6.07) is -0.736. The maximum Gasteiger partial charge on any atom is 0.253 e. The van der Waals surface area contributed by atoms with E-state index >= 15 is 0 Å². The molecule has 2 aliphatic heterocycles. The van der Waals surface area contributed by atoms with Crippen LogP contribution in [0.15, 0.2) is 24.3 Å². The van der Waals surface area contributed by atoms with Crippen molar-refractivity contribution in [1.82, 2.24) is 25.8 Å². The van der Waals surface area contributed by atoms with Crippen LogP contribution in [0, 0.1) is 5.92 Å². The first-order valence-corrected chi connectivity index (χ1v) is 21.0. The van der Waals surface area contributed by atoms with Gasteiger partial charge in [0.05, 0.1) is 25.8 Å². The van der Waals surface area contributed by atoms with E-state index in [-0.39, 0.29) is 91.9 Å². The lowest BCUT2D eigenvalue weighted by Gasteiger charge is -2.21. The topological polar surface area (TPSA) is 249 Å². The van der Waals surface area contributed by atoms with Gasteiger partial charge in [0, 0.05) is 88.5 Å². The van der Waals surface area contributed by atoms with Gasteiger partial charge in [0.2, 0.25) is 17.7 Å². The minimum atomic E-state index is -0.736. The molecule has 0 aromatic rings. The first-order valence-electron chi connectivity index (χ1n) is 21.0. The Hall–Kier alpha value is -4.90. The summed E-state index contributed by atoms with van der Waals surface area (Å²) in [6.45, 7) is 2.89. The lowest BCUT2D eigenvalue weighted by molar-refractivity contribution is -0.138. The largest absolute Gasteiger partial charge is 0.379 e. The number of carbonyl (C=O) groups is 10. The molecule has 0 saturated carbocycles. The van der Waals surface area contributed by atoms with Crippen molar-refractivity contribution in [3.63, 3.8) is 0 Å². The first kappa shape index (κ1) is 50.2. The van der Waals surface area contributed by atoms with Crippen LogP contribution in [-0.4, -0.2) is 120 Å². The number of nitrogens with one attached hydrogen (secondary N) is 3. The number of nitrogens with two attached hydrogens (primary N) is 1. The van der Waals surface area contributed by atoms with Crippen molar-refractivity contribution in [3.8, 4) is 0 Å². The summed E-state index contributed by atoms with van der Waals surface area (Å²) in [5, 5.41) is 8.29. The molecule has 2 unspecified atom stereocenters. The quantitative estimate of drug-likeness (QED) is 0.0529. The normalized spacial score (nSPS) is 14.5. The van der Waals surface area contributed by atoms with Gasteiger partial charge in [-0.15, -0.1) is 0 Å². The van der Waals surface area contributed by atoms with E-state index in [1.165, 1.54) is 41.0 Å². The highest BCUT2D eigenvalue weighted by Gasteiger charge is 2.26. The van der Waals surface area contributed by atoms with Gasteiger partial charge in [-0.1, -0.05) is 32.1 Å². The van der Waals surface area contributed by atoms with Crippen molar-refractivity contribution < 1.29 is 52.7 Å². The third-order valence-corrected chi connectivity index (χ3v) is 10.1. The monoisotopic (exact) mass is 828 g/mol. The van der Waals surface area contributed by atoms with Crippen LogP contribution in [0.25, 0.3) is 0 Å². The van der Waals surface area contributed by atoms with Crippen molar-refractivity contribution in [1.29, 1.82) is 0 Å². The molecule has 0 bridgehead atoms. The maximum absolute atomic E-state index is 13.5. The summed E-state index contributed by atoms with van der Waals surface area (Å²) >= 11 is 0. The standard InChI is InChI=1S/C42H64N6O11/c1-31(49)35(16-7-2-5-14-33(50)15-6-3-11-25-47-38(54)18-19-39(47)55)46-42(58)32(29-34(51)22-27-59-28-24-45-37(53)30-43)13-9-10-23-44-36(52)17-8-4-12-26-48-40(56)20-21-41(48)57/h18-21,32,35H,2-17,22-30,43H2,1H3,(H,44,52)(H,45,53)(H,46,58). The molecule has 5 N–H and O–H groups in total. The van der Waals surface area contributed by atoms with Crippen LogP contribution in [0.1, 0.15) is 122 Å². The van der Waals surface area contributed by atoms with Gasteiger partial charge >= 0.3 is 0 Å². The van der Waals surface area contributed by atoms with Crippen molar-refractivity contribution >= 4 is 58.7 Å². The molecule has 2 heterocycles. The molecule has 0 saturated heterocycles. The molecule has 2 atom stereocenters. The van der Waals surface area contributed by atoms with E-state index in [0.29, 0.717) is 116 Å². The molecule has 0 spiro atoms. The number of carbonyl (C=O) groups excluding carboxylic acids is 10. The Morgan fingerprint density at radius 1 is 0.593 bits per heavy atom. The van der Waals surface area contributed by atoms with Crippen molar-refractivity contribution in [2.75, 3.05) is 45.9 Å². The van der Waals surface area contributed by atoms with Crippen LogP contribution in [0.4, 0.5) is 0 Å². The predicted octanol–water partition coefficient (Wildman–Crippen LogP) is 1.89. The van der Waals surface area contributed by atoms with Crippen LogP contribution in [0.3, 0.4) is 0 Å². The van der Waals surface area contributed by atoms with Crippen LogP contribution in [-0.2, 0) is 52.7 Å². The molecule has 0 aromatic heterocycles. The smallest absolute Gasteiger partial charge is 0.253 e. The number of ketones is 3. The molecule has 0 fully saturated rings. The van der Waals surface area contributed by atoms with Crippen LogP contribution in [0.5, 0.6) is 0 Å². The zero-order valence-corrected chi connectivity index (χ0v) is 34.6. The summed E-state index contributed by atoms with van der Waals surface area (Å²) in [4.78, 5) is 124. The molecule has 2 aliphatic rings. The van der Waals surface area contributed by atoms with Gasteiger partial charge in [0.15, 0.2) is 5.78 Å². The van der Waals surface area contributed by atoms with Gasteiger partial charge in [0.25, 0.3) is 23.6 Å². The number of hydrogen-bond donors (Lipinski definition) is 4. The second-order valence-electron chi connectivity index (χ2n) is 15.0. The zero-order chi connectivity index (χ0) is 43.4. The summed E-state index contributed by atoms with van der Waals surface area (Å²) in [7, 11) is 0. The Bertz CT molecular complexity index is 1490. The number of rotatable bonds is 35.